The van der Waals surface area contributed by atoms with Crippen molar-refractivity contribution in [2.24, 2.45) is 34.5 Å². The van der Waals surface area contributed by atoms with Crippen LogP contribution in [-0.2, 0) is 14.3 Å². The van der Waals surface area contributed by atoms with Crippen LogP contribution in [0.1, 0.15) is 65.2 Å². The van der Waals surface area contributed by atoms with Gasteiger partial charge in [-0.2, -0.15) is 0 Å². The highest BCUT2D eigenvalue weighted by molar-refractivity contribution is 5.88. The number of ether oxygens (including phenoxy) is 1. The molecule has 4 saturated carbocycles. The molecule has 1 heterocycles. The first-order chi connectivity index (χ1) is 11.3. The Morgan fingerprint density at radius 3 is 2.62 bits per heavy atom. The molecule has 0 aromatic carbocycles. The minimum absolute atomic E-state index is 0.0256. The third-order valence-electron chi connectivity index (χ3n) is 9.25. The van der Waals surface area contributed by atoms with E-state index in [0.29, 0.717) is 30.0 Å². The monoisotopic (exact) mass is 332 g/mol. The molecular formula is C20H28O4. The number of rotatable bonds is 1. The highest BCUT2D eigenvalue weighted by Gasteiger charge is 2.76. The molecule has 1 saturated heterocycles. The lowest BCUT2D eigenvalue weighted by atomic mass is 9.44. The molecule has 1 spiro atoms. The normalized spacial score (nSPS) is 58.2. The Morgan fingerprint density at radius 1 is 1.08 bits per heavy atom. The second-order valence-corrected chi connectivity index (χ2v) is 9.70. The van der Waals surface area contributed by atoms with Crippen LogP contribution in [-0.4, -0.2) is 28.6 Å². The van der Waals surface area contributed by atoms with Gasteiger partial charge >= 0.3 is 5.97 Å². The number of ketones is 1. The summed E-state index contributed by atoms with van der Waals surface area (Å²) in [6.07, 6.45) is 7.70. The maximum atomic E-state index is 12.1. The van der Waals surface area contributed by atoms with E-state index in [0.717, 1.165) is 44.9 Å². The summed E-state index contributed by atoms with van der Waals surface area (Å²) < 4.78 is 6.09. The van der Waals surface area contributed by atoms with Crippen LogP contribution in [0.5, 0.6) is 0 Å². The Morgan fingerprint density at radius 2 is 1.88 bits per heavy atom. The summed E-state index contributed by atoms with van der Waals surface area (Å²) >= 11 is 0. The number of carboxylic acids is 1. The summed E-state index contributed by atoms with van der Waals surface area (Å²) in [4.78, 5) is 23.9. The molecule has 0 radical (unpaired) electrons. The lowest BCUT2D eigenvalue weighted by Crippen LogP contribution is -2.58. The Bertz CT molecular complexity index is 629. The number of carbonyl (C=O) groups is 2. The Kier molecular flexibility index (Phi) is 2.84. The van der Waals surface area contributed by atoms with Crippen molar-refractivity contribution in [3.63, 3.8) is 0 Å². The standard InChI is InChI=1S/C20H28O4/c1-18-8-6-13-11(12(18)3-4-14(18)17(22)23)5-10-20-16(24-20)15(21)7-9-19(13,20)2/h11-14,16H,3-10H2,1-2H3,(H,22,23)/t11-,12-,13-,14+,16?,18-,19+,20?/m0/s1. The summed E-state index contributed by atoms with van der Waals surface area (Å²) in [6.45, 7) is 4.62. The van der Waals surface area contributed by atoms with Gasteiger partial charge < -0.3 is 9.84 Å². The van der Waals surface area contributed by atoms with Crippen molar-refractivity contribution < 1.29 is 19.4 Å². The van der Waals surface area contributed by atoms with Gasteiger partial charge in [0.2, 0.25) is 0 Å². The van der Waals surface area contributed by atoms with E-state index in [4.69, 9.17) is 4.74 Å². The lowest BCUT2D eigenvalue weighted by Gasteiger charge is -2.59. The summed E-state index contributed by atoms with van der Waals surface area (Å²) in [5.74, 6) is 1.34. The highest BCUT2D eigenvalue weighted by atomic mass is 16.6. The Labute approximate surface area is 143 Å². The van der Waals surface area contributed by atoms with Gasteiger partial charge in [0.15, 0.2) is 5.78 Å². The van der Waals surface area contributed by atoms with E-state index in [9.17, 15) is 14.7 Å². The molecule has 5 rings (SSSR count). The average Bonchev–Trinajstić information content (AvgIpc) is 3.17. The van der Waals surface area contributed by atoms with E-state index in [1.54, 1.807) is 0 Å². The molecule has 4 nitrogen and oxygen atoms in total. The predicted molar refractivity (Wildman–Crippen MR) is 87.4 cm³/mol. The van der Waals surface area contributed by atoms with Gasteiger partial charge in [0, 0.05) is 11.8 Å². The van der Waals surface area contributed by atoms with Crippen molar-refractivity contribution in [3.8, 4) is 0 Å². The molecular weight excluding hydrogens is 304 g/mol. The van der Waals surface area contributed by atoms with Crippen LogP contribution >= 0.6 is 0 Å². The van der Waals surface area contributed by atoms with Crippen molar-refractivity contribution in [2.75, 3.05) is 0 Å². The SMILES string of the molecule is C[C@]12CC[C@H]3[C@@H](CCC45OC4C(=O)CC[C@]35C)[C@@H]1CC[C@@H]2C(=O)O. The van der Waals surface area contributed by atoms with E-state index in [1.807, 2.05) is 0 Å². The zero-order valence-electron chi connectivity index (χ0n) is 14.7. The van der Waals surface area contributed by atoms with Gasteiger partial charge in [-0.1, -0.05) is 13.8 Å². The van der Waals surface area contributed by atoms with Gasteiger partial charge in [0.1, 0.15) is 11.7 Å². The molecule has 0 aromatic heterocycles. The number of aliphatic carboxylic acids is 1. The zero-order chi connectivity index (χ0) is 16.9. The molecule has 2 unspecified atom stereocenters. The molecule has 1 aliphatic heterocycles. The van der Waals surface area contributed by atoms with Crippen LogP contribution < -0.4 is 0 Å². The van der Waals surface area contributed by atoms with Crippen molar-refractivity contribution >= 4 is 11.8 Å². The number of carbonyl (C=O) groups excluding carboxylic acids is 1. The number of hydrogen-bond acceptors (Lipinski definition) is 3. The summed E-state index contributed by atoms with van der Waals surface area (Å²) in [5, 5.41) is 9.67. The molecule has 5 fully saturated rings. The van der Waals surface area contributed by atoms with Gasteiger partial charge in [-0.3, -0.25) is 9.59 Å². The number of fused-ring (bicyclic) bond motifs is 4. The molecule has 24 heavy (non-hydrogen) atoms. The Hall–Kier alpha value is -0.900. The fourth-order valence-electron chi connectivity index (χ4n) is 7.90. The minimum Gasteiger partial charge on any atom is -0.481 e. The zero-order valence-corrected chi connectivity index (χ0v) is 14.7. The van der Waals surface area contributed by atoms with Crippen molar-refractivity contribution in [1.82, 2.24) is 0 Å². The van der Waals surface area contributed by atoms with Gasteiger partial charge in [-0.15, -0.1) is 0 Å². The fourth-order valence-corrected chi connectivity index (χ4v) is 7.90. The predicted octanol–water partition coefficient (Wildman–Crippen LogP) is 3.43. The van der Waals surface area contributed by atoms with Crippen molar-refractivity contribution in [3.05, 3.63) is 0 Å². The van der Waals surface area contributed by atoms with Crippen molar-refractivity contribution in [2.45, 2.75) is 76.9 Å². The van der Waals surface area contributed by atoms with Crippen LogP contribution in [0.2, 0.25) is 0 Å². The molecule has 0 aromatic rings. The molecule has 132 valence electrons. The van der Waals surface area contributed by atoms with Crippen LogP contribution in [0.3, 0.4) is 0 Å². The summed E-state index contributed by atoms with van der Waals surface area (Å²) in [7, 11) is 0. The van der Waals surface area contributed by atoms with E-state index >= 15 is 0 Å². The molecule has 0 amide bonds. The first kappa shape index (κ1) is 15.4. The van der Waals surface area contributed by atoms with Crippen LogP contribution in [0.4, 0.5) is 0 Å². The first-order valence-electron chi connectivity index (χ1n) is 9.77. The number of Topliss-reactive ketones (excluding diaryl/α,β-unsaturated/α-hetero) is 1. The number of carboxylic acid groups (broad SMARTS) is 1. The molecule has 0 bridgehead atoms. The van der Waals surface area contributed by atoms with E-state index < -0.39 is 5.97 Å². The maximum Gasteiger partial charge on any atom is 0.307 e. The second kappa shape index (κ2) is 4.44. The van der Waals surface area contributed by atoms with Gasteiger partial charge in [0.25, 0.3) is 0 Å². The largest absolute Gasteiger partial charge is 0.481 e. The third kappa shape index (κ3) is 1.55. The van der Waals surface area contributed by atoms with Crippen LogP contribution in [0, 0.1) is 34.5 Å². The average molecular weight is 332 g/mol. The van der Waals surface area contributed by atoms with Crippen LogP contribution in [0.15, 0.2) is 0 Å². The lowest BCUT2D eigenvalue weighted by molar-refractivity contribution is -0.153. The van der Waals surface area contributed by atoms with Crippen LogP contribution in [0.25, 0.3) is 0 Å². The second-order valence-electron chi connectivity index (χ2n) is 9.70. The molecule has 4 heteroatoms. The van der Waals surface area contributed by atoms with Gasteiger partial charge in [-0.05, 0) is 68.1 Å². The number of hydrogen-bond donors (Lipinski definition) is 1. The minimum atomic E-state index is -0.592. The molecule has 5 aliphatic rings. The van der Waals surface area contributed by atoms with E-state index in [-0.39, 0.29) is 28.5 Å². The maximum absolute atomic E-state index is 12.1. The Balaban J connectivity index is 1.49. The van der Waals surface area contributed by atoms with Gasteiger partial charge in [-0.25, -0.2) is 0 Å². The van der Waals surface area contributed by atoms with E-state index in [1.165, 1.54) is 0 Å². The quantitative estimate of drug-likeness (QED) is 0.747. The number of epoxide rings is 1. The van der Waals surface area contributed by atoms with Crippen molar-refractivity contribution in [1.29, 1.82) is 0 Å². The first-order valence-corrected chi connectivity index (χ1v) is 9.77. The van der Waals surface area contributed by atoms with E-state index in [2.05, 4.69) is 13.8 Å². The topological polar surface area (TPSA) is 66.9 Å². The fraction of sp³-hybridized carbons (Fsp3) is 0.900. The molecule has 4 aliphatic carbocycles. The third-order valence-corrected chi connectivity index (χ3v) is 9.25. The smallest absolute Gasteiger partial charge is 0.307 e. The molecule has 1 N–H and O–H groups in total. The summed E-state index contributed by atoms with van der Waals surface area (Å²) in [6, 6.07) is 0. The van der Waals surface area contributed by atoms with Gasteiger partial charge in [0.05, 0.1) is 5.92 Å². The summed E-state index contributed by atoms with van der Waals surface area (Å²) in [5.41, 5.74) is -0.0681. The molecule has 8 atom stereocenters. The highest BCUT2D eigenvalue weighted by Crippen LogP contribution is 2.72.